The van der Waals surface area contributed by atoms with Gasteiger partial charge in [-0.25, -0.2) is 0 Å². The van der Waals surface area contributed by atoms with Crippen LogP contribution in [0.5, 0.6) is 0 Å². The minimum atomic E-state index is -0.789. The minimum Gasteiger partial charge on any atom is -0.481 e. The summed E-state index contributed by atoms with van der Waals surface area (Å²) in [4.78, 5) is 12.4. The molecule has 0 aliphatic carbocycles. The number of nitrogens with zero attached hydrogens (tertiary/aromatic N) is 1. The van der Waals surface area contributed by atoms with Gasteiger partial charge in [0.15, 0.2) is 0 Å². The first-order chi connectivity index (χ1) is 7.15. The normalized spacial score (nSPS) is 9.93. The number of anilines is 2. The number of aliphatic carboxylic acids is 1. The molecule has 0 saturated carbocycles. The number of para-hydroxylation sites is 2. The van der Waals surface area contributed by atoms with Crippen molar-refractivity contribution < 1.29 is 9.90 Å². The van der Waals surface area contributed by atoms with Crippen LogP contribution in [0.2, 0.25) is 0 Å². The van der Waals surface area contributed by atoms with E-state index >= 15 is 0 Å². The topological polar surface area (TPSA) is 66.6 Å². The first kappa shape index (κ1) is 11.4. The van der Waals surface area contributed by atoms with Crippen molar-refractivity contribution in [2.24, 2.45) is 0 Å². The van der Waals surface area contributed by atoms with Crippen LogP contribution in [0.25, 0.3) is 0 Å². The van der Waals surface area contributed by atoms with Crippen molar-refractivity contribution in [2.75, 3.05) is 23.7 Å². The van der Waals surface area contributed by atoms with E-state index in [1.165, 1.54) is 0 Å². The van der Waals surface area contributed by atoms with Gasteiger partial charge in [0.2, 0.25) is 0 Å². The lowest BCUT2D eigenvalue weighted by molar-refractivity contribution is -0.136. The van der Waals surface area contributed by atoms with Gasteiger partial charge in [-0.3, -0.25) is 4.79 Å². The number of carboxylic acid groups (broad SMARTS) is 1. The Hall–Kier alpha value is -1.71. The molecule has 4 nitrogen and oxygen atoms in total. The fraction of sp³-hybridized carbons (Fsp3) is 0.364. The molecule has 0 unspecified atom stereocenters. The number of hydrogen-bond acceptors (Lipinski definition) is 3. The highest BCUT2D eigenvalue weighted by molar-refractivity contribution is 5.70. The molecule has 0 atom stereocenters. The van der Waals surface area contributed by atoms with Crippen molar-refractivity contribution in [1.29, 1.82) is 0 Å². The maximum absolute atomic E-state index is 10.5. The summed E-state index contributed by atoms with van der Waals surface area (Å²) in [5.74, 6) is -0.789. The lowest BCUT2D eigenvalue weighted by Gasteiger charge is -2.23. The average molecular weight is 208 g/mol. The predicted molar refractivity (Wildman–Crippen MR) is 61.0 cm³/mol. The summed E-state index contributed by atoms with van der Waals surface area (Å²) in [5, 5.41) is 8.62. The molecule has 0 radical (unpaired) electrons. The molecule has 82 valence electrons. The molecule has 0 bridgehead atoms. The van der Waals surface area contributed by atoms with Gasteiger partial charge in [0, 0.05) is 13.1 Å². The number of carboxylic acids is 1. The molecular weight excluding hydrogens is 192 g/mol. The molecule has 0 heterocycles. The highest BCUT2D eigenvalue weighted by Gasteiger charge is 2.08. The quantitative estimate of drug-likeness (QED) is 0.721. The van der Waals surface area contributed by atoms with Crippen LogP contribution in [-0.4, -0.2) is 24.2 Å². The van der Waals surface area contributed by atoms with Crippen molar-refractivity contribution in [1.82, 2.24) is 0 Å². The lowest BCUT2D eigenvalue weighted by Crippen LogP contribution is -2.26. The summed E-state index contributed by atoms with van der Waals surface area (Å²) in [7, 11) is 0. The van der Waals surface area contributed by atoms with Crippen LogP contribution in [0.1, 0.15) is 13.3 Å². The van der Waals surface area contributed by atoms with E-state index in [-0.39, 0.29) is 6.42 Å². The Balaban J connectivity index is 2.74. The van der Waals surface area contributed by atoms with Crippen LogP contribution in [0.3, 0.4) is 0 Å². The maximum Gasteiger partial charge on any atom is 0.305 e. The van der Waals surface area contributed by atoms with E-state index < -0.39 is 5.97 Å². The Morgan fingerprint density at radius 3 is 2.67 bits per heavy atom. The molecule has 0 aliphatic rings. The lowest BCUT2D eigenvalue weighted by atomic mass is 10.2. The number of nitrogens with two attached hydrogens (primary N) is 1. The molecular formula is C11H16N2O2. The third kappa shape index (κ3) is 3.16. The van der Waals surface area contributed by atoms with E-state index in [1.807, 2.05) is 36.1 Å². The number of benzene rings is 1. The van der Waals surface area contributed by atoms with E-state index in [1.54, 1.807) is 0 Å². The Labute approximate surface area is 89.3 Å². The molecule has 15 heavy (non-hydrogen) atoms. The molecule has 0 aliphatic heterocycles. The summed E-state index contributed by atoms with van der Waals surface area (Å²) in [6.07, 6.45) is 0.127. The van der Waals surface area contributed by atoms with E-state index in [4.69, 9.17) is 10.8 Å². The summed E-state index contributed by atoms with van der Waals surface area (Å²) < 4.78 is 0. The first-order valence-electron chi connectivity index (χ1n) is 4.96. The number of carbonyl (C=O) groups is 1. The first-order valence-corrected chi connectivity index (χ1v) is 4.96. The molecule has 0 aromatic heterocycles. The van der Waals surface area contributed by atoms with Gasteiger partial charge in [-0.15, -0.1) is 0 Å². The van der Waals surface area contributed by atoms with Crippen LogP contribution in [0, 0.1) is 0 Å². The molecule has 1 aromatic carbocycles. The molecule has 0 spiro atoms. The van der Waals surface area contributed by atoms with Crippen LogP contribution < -0.4 is 10.6 Å². The van der Waals surface area contributed by atoms with Gasteiger partial charge >= 0.3 is 5.97 Å². The fourth-order valence-electron chi connectivity index (χ4n) is 1.46. The molecule has 0 amide bonds. The van der Waals surface area contributed by atoms with Gasteiger partial charge < -0.3 is 15.7 Å². The van der Waals surface area contributed by atoms with Crippen molar-refractivity contribution in [3.05, 3.63) is 24.3 Å². The maximum atomic E-state index is 10.5. The Morgan fingerprint density at radius 2 is 2.13 bits per heavy atom. The van der Waals surface area contributed by atoms with Gasteiger partial charge in [0.25, 0.3) is 0 Å². The molecule has 3 N–H and O–H groups in total. The highest BCUT2D eigenvalue weighted by Crippen LogP contribution is 2.22. The third-order valence-electron chi connectivity index (χ3n) is 2.25. The van der Waals surface area contributed by atoms with E-state index in [9.17, 15) is 4.79 Å². The third-order valence-corrected chi connectivity index (χ3v) is 2.25. The van der Waals surface area contributed by atoms with Crippen LogP contribution >= 0.6 is 0 Å². The van der Waals surface area contributed by atoms with E-state index in [0.29, 0.717) is 12.2 Å². The van der Waals surface area contributed by atoms with Crippen molar-refractivity contribution in [3.63, 3.8) is 0 Å². The molecule has 1 rings (SSSR count). The van der Waals surface area contributed by atoms with Crippen molar-refractivity contribution >= 4 is 17.3 Å². The SMILES string of the molecule is CCN(CCC(=O)O)c1ccccc1N. The smallest absolute Gasteiger partial charge is 0.305 e. The summed E-state index contributed by atoms with van der Waals surface area (Å²) in [5.41, 5.74) is 7.40. The second-order valence-electron chi connectivity index (χ2n) is 3.28. The zero-order chi connectivity index (χ0) is 11.3. The van der Waals surface area contributed by atoms with Gasteiger partial charge in [0.05, 0.1) is 17.8 Å². The Kier molecular flexibility index (Phi) is 3.97. The van der Waals surface area contributed by atoms with Crippen LogP contribution in [0.4, 0.5) is 11.4 Å². The fourth-order valence-corrected chi connectivity index (χ4v) is 1.46. The van der Waals surface area contributed by atoms with Crippen LogP contribution in [0.15, 0.2) is 24.3 Å². The van der Waals surface area contributed by atoms with Gasteiger partial charge in [0.1, 0.15) is 0 Å². The zero-order valence-corrected chi connectivity index (χ0v) is 8.81. The second kappa shape index (κ2) is 5.24. The zero-order valence-electron chi connectivity index (χ0n) is 8.81. The molecule has 0 saturated heterocycles. The number of rotatable bonds is 5. The standard InChI is InChI=1S/C11H16N2O2/c1-2-13(8-7-11(14)15)10-6-4-3-5-9(10)12/h3-6H,2,7-8,12H2,1H3,(H,14,15). The van der Waals surface area contributed by atoms with Gasteiger partial charge in [-0.1, -0.05) is 12.1 Å². The number of nitrogen functional groups attached to an aromatic ring is 1. The molecule has 4 heteroatoms. The summed E-state index contributed by atoms with van der Waals surface area (Å²) in [6, 6.07) is 7.48. The van der Waals surface area contributed by atoms with Gasteiger partial charge in [-0.2, -0.15) is 0 Å². The monoisotopic (exact) mass is 208 g/mol. The van der Waals surface area contributed by atoms with E-state index in [0.717, 1.165) is 12.2 Å². The second-order valence-corrected chi connectivity index (χ2v) is 3.28. The van der Waals surface area contributed by atoms with Gasteiger partial charge in [-0.05, 0) is 19.1 Å². The number of hydrogen-bond donors (Lipinski definition) is 2. The predicted octanol–water partition coefficient (Wildman–Crippen LogP) is 1.57. The summed E-state index contributed by atoms with van der Waals surface area (Å²) in [6.45, 7) is 3.22. The van der Waals surface area contributed by atoms with Crippen molar-refractivity contribution in [2.45, 2.75) is 13.3 Å². The van der Waals surface area contributed by atoms with E-state index in [2.05, 4.69) is 0 Å². The minimum absolute atomic E-state index is 0.127. The Bertz CT molecular complexity index is 339. The molecule has 1 aromatic rings. The summed E-state index contributed by atoms with van der Waals surface area (Å²) >= 11 is 0. The average Bonchev–Trinajstić information content (AvgIpc) is 2.21. The van der Waals surface area contributed by atoms with Crippen LogP contribution in [-0.2, 0) is 4.79 Å². The van der Waals surface area contributed by atoms with Crippen molar-refractivity contribution in [3.8, 4) is 0 Å². The Morgan fingerprint density at radius 1 is 1.47 bits per heavy atom. The highest BCUT2D eigenvalue weighted by atomic mass is 16.4. The molecule has 0 fully saturated rings. The largest absolute Gasteiger partial charge is 0.481 e.